The topological polar surface area (TPSA) is 56.0 Å². The van der Waals surface area contributed by atoms with Gasteiger partial charge in [0.1, 0.15) is 11.8 Å². The van der Waals surface area contributed by atoms with E-state index >= 15 is 0 Å². The van der Waals surface area contributed by atoms with Crippen molar-refractivity contribution in [3.8, 4) is 11.8 Å². The molecule has 0 aliphatic carbocycles. The zero-order valence-corrected chi connectivity index (χ0v) is 12.1. The molecule has 2 N–H and O–H groups in total. The molecular formula is C16H15ClN2O. The van der Waals surface area contributed by atoms with Crippen LogP contribution in [0.4, 0.5) is 5.69 Å². The standard InChI is InChI=1S/C16H15ClN2O/c1-10-5-12(6-11(2)16(10)20)9-19-15-7-14(17)4-3-13(15)8-18/h3-7,19-20H,9H2,1-2H3. The third-order valence-electron chi connectivity index (χ3n) is 3.14. The van der Waals surface area contributed by atoms with Crippen LogP contribution in [0.3, 0.4) is 0 Å². The molecule has 0 aliphatic heterocycles. The molecule has 2 aromatic carbocycles. The highest BCUT2D eigenvalue weighted by atomic mass is 35.5. The summed E-state index contributed by atoms with van der Waals surface area (Å²) in [5.41, 5.74) is 3.99. The molecular weight excluding hydrogens is 272 g/mol. The van der Waals surface area contributed by atoms with Gasteiger partial charge in [-0.25, -0.2) is 0 Å². The Bertz CT molecular complexity index is 666. The summed E-state index contributed by atoms with van der Waals surface area (Å²) in [6, 6.07) is 11.1. The van der Waals surface area contributed by atoms with E-state index in [1.807, 2.05) is 26.0 Å². The molecule has 0 radical (unpaired) electrons. The van der Waals surface area contributed by atoms with Gasteiger partial charge in [0, 0.05) is 11.6 Å². The van der Waals surface area contributed by atoms with Crippen LogP contribution in [0.25, 0.3) is 0 Å². The van der Waals surface area contributed by atoms with Crippen molar-refractivity contribution in [1.82, 2.24) is 0 Å². The van der Waals surface area contributed by atoms with Gasteiger partial charge >= 0.3 is 0 Å². The Morgan fingerprint density at radius 2 is 1.85 bits per heavy atom. The second kappa shape index (κ2) is 5.85. The van der Waals surface area contributed by atoms with Gasteiger partial charge in [-0.1, -0.05) is 23.7 Å². The second-order valence-corrected chi connectivity index (χ2v) is 5.17. The van der Waals surface area contributed by atoms with Gasteiger partial charge in [0.25, 0.3) is 0 Å². The highest BCUT2D eigenvalue weighted by Gasteiger charge is 2.06. The molecule has 0 heterocycles. The molecule has 3 nitrogen and oxygen atoms in total. The number of halogens is 1. The van der Waals surface area contributed by atoms with Crippen LogP contribution in [0.15, 0.2) is 30.3 Å². The monoisotopic (exact) mass is 286 g/mol. The molecule has 0 saturated carbocycles. The lowest BCUT2D eigenvalue weighted by atomic mass is 10.1. The van der Waals surface area contributed by atoms with E-state index in [4.69, 9.17) is 16.9 Å². The first kappa shape index (κ1) is 14.2. The number of rotatable bonds is 3. The van der Waals surface area contributed by atoms with Crippen molar-refractivity contribution in [2.45, 2.75) is 20.4 Å². The Morgan fingerprint density at radius 3 is 2.45 bits per heavy atom. The van der Waals surface area contributed by atoms with Crippen LogP contribution >= 0.6 is 11.6 Å². The number of phenolic OH excluding ortho intramolecular Hbond substituents is 1. The van der Waals surface area contributed by atoms with Gasteiger partial charge in [-0.15, -0.1) is 0 Å². The molecule has 20 heavy (non-hydrogen) atoms. The Kier molecular flexibility index (Phi) is 4.16. The van der Waals surface area contributed by atoms with Crippen LogP contribution in [-0.4, -0.2) is 5.11 Å². The molecule has 4 heteroatoms. The Morgan fingerprint density at radius 1 is 1.20 bits per heavy atom. The van der Waals surface area contributed by atoms with E-state index in [0.717, 1.165) is 16.7 Å². The molecule has 0 amide bonds. The zero-order chi connectivity index (χ0) is 14.7. The van der Waals surface area contributed by atoms with Crippen LogP contribution in [0.2, 0.25) is 5.02 Å². The highest BCUT2D eigenvalue weighted by Crippen LogP contribution is 2.25. The van der Waals surface area contributed by atoms with Crippen molar-refractivity contribution in [3.63, 3.8) is 0 Å². The van der Waals surface area contributed by atoms with Gasteiger partial charge in [-0.2, -0.15) is 5.26 Å². The van der Waals surface area contributed by atoms with Crippen LogP contribution in [0, 0.1) is 25.2 Å². The minimum Gasteiger partial charge on any atom is -0.507 e. The van der Waals surface area contributed by atoms with Crippen LogP contribution in [0.1, 0.15) is 22.3 Å². The van der Waals surface area contributed by atoms with Crippen molar-refractivity contribution in [2.24, 2.45) is 0 Å². The van der Waals surface area contributed by atoms with Gasteiger partial charge in [-0.3, -0.25) is 0 Å². The first-order valence-electron chi connectivity index (χ1n) is 6.24. The summed E-state index contributed by atoms with van der Waals surface area (Å²) < 4.78 is 0. The van der Waals surface area contributed by atoms with E-state index in [0.29, 0.717) is 28.6 Å². The number of anilines is 1. The Labute approximate surface area is 123 Å². The first-order chi connectivity index (χ1) is 9.51. The maximum Gasteiger partial charge on any atom is 0.121 e. The fourth-order valence-corrected chi connectivity index (χ4v) is 2.28. The second-order valence-electron chi connectivity index (χ2n) is 4.73. The van der Waals surface area contributed by atoms with Crippen LogP contribution in [-0.2, 0) is 6.54 Å². The number of benzene rings is 2. The smallest absolute Gasteiger partial charge is 0.121 e. The molecule has 102 valence electrons. The number of hydrogen-bond acceptors (Lipinski definition) is 3. The SMILES string of the molecule is Cc1cc(CNc2cc(Cl)ccc2C#N)cc(C)c1O. The van der Waals surface area contributed by atoms with Crippen LogP contribution < -0.4 is 5.32 Å². The quantitative estimate of drug-likeness (QED) is 0.891. The average Bonchev–Trinajstić information content (AvgIpc) is 2.42. The molecule has 0 spiro atoms. The van der Waals surface area contributed by atoms with Crippen molar-refractivity contribution < 1.29 is 5.11 Å². The summed E-state index contributed by atoms with van der Waals surface area (Å²) in [5, 5.41) is 22.6. The van der Waals surface area contributed by atoms with Gasteiger partial charge < -0.3 is 10.4 Å². The van der Waals surface area contributed by atoms with E-state index in [1.165, 1.54) is 0 Å². The third kappa shape index (κ3) is 3.04. The molecule has 0 bridgehead atoms. The lowest BCUT2D eigenvalue weighted by Gasteiger charge is -2.11. The summed E-state index contributed by atoms with van der Waals surface area (Å²) in [6.07, 6.45) is 0. The van der Waals surface area contributed by atoms with E-state index in [1.54, 1.807) is 18.2 Å². The molecule has 0 unspecified atom stereocenters. The van der Waals surface area contributed by atoms with Gasteiger partial charge in [0.05, 0.1) is 11.3 Å². The number of phenols is 1. The highest BCUT2D eigenvalue weighted by molar-refractivity contribution is 6.30. The normalized spacial score (nSPS) is 10.1. The number of aryl methyl sites for hydroxylation is 2. The number of nitrogens with zero attached hydrogens (tertiary/aromatic N) is 1. The van der Waals surface area contributed by atoms with Gasteiger partial charge in [0.2, 0.25) is 0 Å². The van der Waals surface area contributed by atoms with E-state index < -0.39 is 0 Å². The molecule has 2 aromatic rings. The number of aromatic hydroxyl groups is 1. The lowest BCUT2D eigenvalue weighted by Crippen LogP contribution is -2.02. The number of hydrogen-bond donors (Lipinski definition) is 2. The fraction of sp³-hybridized carbons (Fsp3) is 0.188. The maximum atomic E-state index is 9.75. The third-order valence-corrected chi connectivity index (χ3v) is 3.37. The van der Waals surface area contributed by atoms with Crippen molar-refractivity contribution in [1.29, 1.82) is 5.26 Å². The maximum absolute atomic E-state index is 9.75. The number of nitriles is 1. The summed E-state index contributed by atoms with van der Waals surface area (Å²) in [5.74, 6) is 0.328. The fourth-order valence-electron chi connectivity index (χ4n) is 2.11. The van der Waals surface area contributed by atoms with Crippen molar-refractivity contribution in [3.05, 3.63) is 57.6 Å². The molecule has 0 atom stereocenters. The largest absolute Gasteiger partial charge is 0.507 e. The lowest BCUT2D eigenvalue weighted by molar-refractivity contribution is 0.466. The van der Waals surface area contributed by atoms with Crippen LogP contribution in [0.5, 0.6) is 5.75 Å². The average molecular weight is 287 g/mol. The number of nitrogens with one attached hydrogen (secondary N) is 1. The van der Waals surface area contributed by atoms with Crippen molar-refractivity contribution >= 4 is 17.3 Å². The molecule has 2 rings (SSSR count). The van der Waals surface area contributed by atoms with Gasteiger partial charge in [-0.05, 0) is 48.7 Å². The first-order valence-corrected chi connectivity index (χ1v) is 6.61. The Balaban J connectivity index is 2.21. The van der Waals surface area contributed by atoms with Gasteiger partial charge in [0.15, 0.2) is 0 Å². The van der Waals surface area contributed by atoms with E-state index in [2.05, 4.69) is 11.4 Å². The Hall–Kier alpha value is -2.18. The van der Waals surface area contributed by atoms with Crippen molar-refractivity contribution in [2.75, 3.05) is 5.32 Å². The minimum atomic E-state index is 0.328. The summed E-state index contributed by atoms with van der Waals surface area (Å²) in [6.45, 7) is 4.30. The molecule has 0 fully saturated rings. The summed E-state index contributed by atoms with van der Waals surface area (Å²) in [7, 11) is 0. The molecule has 0 aliphatic rings. The van der Waals surface area contributed by atoms with E-state index in [-0.39, 0.29) is 0 Å². The summed E-state index contributed by atoms with van der Waals surface area (Å²) >= 11 is 5.94. The predicted octanol–water partition coefficient (Wildman–Crippen LogP) is 4.15. The zero-order valence-electron chi connectivity index (χ0n) is 11.4. The predicted molar refractivity (Wildman–Crippen MR) is 81.1 cm³/mol. The van der Waals surface area contributed by atoms with E-state index in [9.17, 15) is 5.11 Å². The molecule has 0 aromatic heterocycles. The summed E-state index contributed by atoms with van der Waals surface area (Å²) in [4.78, 5) is 0. The molecule has 0 saturated heterocycles. The minimum absolute atomic E-state index is 0.328.